The molecule has 1 aromatic carbocycles. The van der Waals surface area contributed by atoms with Gasteiger partial charge in [-0.1, -0.05) is 6.07 Å². The Bertz CT molecular complexity index is 569. The van der Waals surface area contributed by atoms with Gasteiger partial charge in [-0.05, 0) is 47.9 Å². The SMILES string of the molecule is O=C(O)c1ccc2c(c1)C[C@@]1(CCN(C(=O)O)C1)C2. The van der Waals surface area contributed by atoms with Gasteiger partial charge in [-0.3, -0.25) is 0 Å². The van der Waals surface area contributed by atoms with Crippen LogP contribution in [-0.4, -0.2) is 40.3 Å². The fraction of sp³-hybridized carbons (Fsp3) is 0.429. The highest BCUT2D eigenvalue weighted by molar-refractivity contribution is 5.88. The number of fused-ring (bicyclic) bond motifs is 1. The molecule has 1 saturated heterocycles. The van der Waals surface area contributed by atoms with Crippen LogP contribution in [0.1, 0.15) is 27.9 Å². The topological polar surface area (TPSA) is 77.8 Å². The van der Waals surface area contributed by atoms with Crippen LogP contribution in [0.4, 0.5) is 4.79 Å². The van der Waals surface area contributed by atoms with Crippen LogP contribution in [0.3, 0.4) is 0 Å². The molecule has 1 aromatic rings. The van der Waals surface area contributed by atoms with Crippen LogP contribution in [-0.2, 0) is 12.8 Å². The van der Waals surface area contributed by atoms with Crippen molar-refractivity contribution in [3.63, 3.8) is 0 Å². The summed E-state index contributed by atoms with van der Waals surface area (Å²) in [5, 5.41) is 18.0. The normalized spacial score (nSPS) is 24.7. The fourth-order valence-corrected chi connectivity index (χ4v) is 3.35. The zero-order valence-corrected chi connectivity index (χ0v) is 10.4. The van der Waals surface area contributed by atoms with Crippen molar-refractivity contribution in [3.8, 4) is 0 Å². The van der Waals surface area contributed by atoms with Crippen molar-refractivity contribution < 1.29 is 19.8 Å². The quantitative estimate of drug-likeness (QED) is 0.808. The highest BCUT2D eigenvalue weighted by atomic mass is 16.4. The summed E-state index contributed by atoms with van der Waals surface area (Å²) in [7, 11) is 0. The molecule has 5 nitrogen and oxygen atoms in total. The zero-order chi connectivity index (χ0) is 13.6. The van der Waals surface area contributed by atoms with Crippen LogP contribution in [0.2, 0.25) is 0 Å². The van der Waals surface area contributed by atoms with Gasteiger partial charge >= 0.3 is 12.1 Å². The number of carboxylic acids is 1. The van der Waals surface area contributed by atoms with E-state index >= 15 is 0 Å². The third kappa shape index (κ3) is 1.95. The second-order valence-electron chi connectivity index (χ2n) is 5.60. The Kier molecular flexibility index (Phi) is 2.52. The minimum atomic E-state index is -0.915. The second-order valence-corrected chi connectivity index (χ2v) is 5.60. The first-order chi connectivity index (χ1) is 8.99. The predicted molar refractivity (Wildman–Crippen MR) is 67.5 cm³/mol. The molecule has 0 unspecified atom stereocenters. The Hall–Kier alpha value is -2.04. The minimum Gasteiger partial charge on any atom is -0.478 e. The average Bonchev–Trinajstić information content (AvgIpc) is 2.91. The molecule has 1 heterocycles. The summed E-state index contributed by atoms with van der Waals surface area (Å²) in [4.78, 5) is 23.4. The van der Waals surface area contributed by atoms with Crippen molar-refractivity contribution in [2.24, 2.45) is 5.41 Å². The van der Waals surface area contributed by atoms with Crippen LogP contribution in [0.15, 0.2) is 18.2 Å². The van der Waals surface area contributed by atoms with E-state index in [1.54, 1.807) is 12.1 Å². The number of carbonyl (C=O) groups is 2. The van der Waals surface area contributed by atoms with Gasteiger partial charge in [0.05, 0.1) is 5.56 Å². The van der Waals surface area contributed by atoms with E-state index in [9.17, 15) is 9.59 Å². The molecule has 5 heteroatoms. The predicted octanol–water partition coefficient (Wildman–Crippen LogP) is 1.85. The van der Waals surface area contributed by atoms with Crippen molar-refractivity contribution in [2.45, 2.75) is 19.3 Å². The first kappa shape index (κ1) is 12.0. The van der Waals surface area contributed by atoms with Gasteiger partial charge in [0.2, 0.25) is 0 Å². The maximum Gasteiger partial charge on any atom is 0.407 e. The maximum absolute atomic E-state index is 11.0. The number of hydrogen-bond acceptors (Lipinski definition) is 2. The summed E-state index contributed by atoms with van der Waals surface area (Å²) in [6.07, 6.45) is 1.63. The molecule has 100 valence electrons. The Balaban J connectivity index is 1.85. The Morgan fingerprint density at radius 1 is 1.16 bits per heavy atom. The molecule has 1 spiro atoms. The number of carboxylic acid groups (broad SMARTS) is 2. The number of likely N-dealkylation sites (tertiary alicyclic amines) is 1. The number of rotatable bonds is 1. The van der Waals surface area contributed by atoms with Crippen molar-refractivity contribution in [1.29, 1.82) is 0 Å². The smallest absolute Gasteiger partial charge is 0.407 e. The molecular weight excluding hydrogens is 246 g/mol. The third-order valence-corrected chi connectivity index (χ3v) is 4.29. The number of benzene rings is 1. The first-order valence-electron chi connectivity index (χ1n) is 6.32. The van der Waals surface area contributed by atoms with Crippen molar-refractivity contribution >= 4 is 12.1 Å². The lowest BCUT2D eigenvalue weighted by Gasteiger charge is -2.22. The summed E-state index contributed by atoms with van der Waals surface area (Å²) in [5.41, 5.74) is 2.52. The molecule has 0 saturated carbocycles. The van der Waals surface area contributed by atoms with Gasteiger partial charge in [0.1, 0.15) is 0 Å². The minimum absolute atomic E-state index is 0.0160. The van der Waals surface area contributed by atoms with E-state index < -0.39 is 12.1 Å². The second kappa shape index (κ2) is 3.98. The lowest BCUT2D eigenvalue weighted by molar-refractivity contribution is 0.0696. The zero-order valence-electron chi connectivity index (χ0n) is 10.4. The molecule has 0 radical (unpaired) electrons. The average molecular weight is 261 g/mol. The Morgan fingerprint density at radius 2 is 1.89 bits per heavy atom. The van der Waals surface area contributed by atoms with E-state index in [0.717, 1.165) is 30.4 Å². The van der Waals surface area contributed by atoms with Crippen LogP contribution < -0.4 is 0 Å². The van der Waals surface area contributed by atoms with Crippen LogP contribution >= 0.6 is 0 Å². The molecule has 2 aliphatic rings. The molecule has 1 fully saturated rings. The Morgan fingerprint density at radius 3 is 2.53 bits per heavy atom. The monoisotopic (exact) mass is 261 g/mol. The standard InChI is InChI=1S/C14H15NO4/c16-12(17)9-1-2-10-6-14(7-11(10)5-9)3-4-15(8-14)13(18)19/h1-2,5H,3-4,6-8H2,(H,16,17)(H,18,19)/t14-/m1/s1. The molecule has 0 bridgehead atoms. The highest BCUT2D eigenvalue weighted by Crippen LogP contribution is 2.44. The van der Waals surface area contributed by atoms with Gasteiger partial charge in [0.25, 0.3) is 0 Å². The molecule has 1 aliphatic heterocycles. The van der Waals surface area contributed by atoms with E-state index in [1.807, 2.05) is 6.07 Å². The lowest BCUT2D eigenvalue weighted by Crippen LogP contribution is -2.31. The summed E-state index contributed by atoms with van der Waals surface area (Å²) in [5.74, 6) is -0.915. The third-order valence-electron chi connectivity index (χ3n) is 4.29. The van der Waals surface area contributed by atoms with Gasteiger partial charge in [-0.2, -0.15) is 0 Å². The van der Waals surface area contributed by atoms with Gasteiger partial charge in [-0.15, -0.1) is 0 Å². The van der Waals surface area contributed by atoms with Gasteiger partial charge in [-0.25, -0.2) is 9.59 Å². The summed E-state index contributed by atoms with van der Waals surface area (Å²) < 4.78 is 0. The largest absolute Gasteiger partial charge is 0.478 e. The molecule has 19 heavy (non-hydrogen) atoms. The van der Waals surface area contributed by atoms with Gasteiger partial charge in [0, 0.05) is 13.1 Å². The first-order valence-corrected chi connectivity index (χ1v) is 6.32. The van der Waals surface area contributed by atoms with E-state index in [0.29, 0.717) is 18.7 Å². The van der Waals surface area contributed by atoms with Crippen molar-refractivity contribution in [2.75, 3.05) is 13.1 Å². The molecule has 1 atom stereocenters. The maximum atomic E-state index is 11.0. The van der Waals surface area contributed by atoms with Crippen molar-refractivity contribution in [1.82, 2.24) is 4.90 Å². The lowest BCUT2D eigenvalue weighted by atomic mass is 9.84. The number of nitrogens with zero attached hydrogens (tertiary/aromatic N) is 1. The van der Waals surface area contributed by atoms with Crippen LogP contribution in [0.5, 0.6) is 0 Å². The summed E-state index contributed by atoms with van der Waals surface area (Å²) in [6, 6.07) is 5.23. The molecule has 0 aromatic heterocycles. The van der Waals surface area contributed by atoms with E-state index in [2.05, 4.69) is 0 Å². The van der Waals surface area contributed by atoms with E-state index in [1.165, 1.54) is 4.90 Å². The van der Waals surface area contributed by atoms with Gasteiger partial charge < -0.3 is 15.1 Å². The van der Waals surface area contributed by atoms with E-state index in [-0.39, 0.29) is 5.41 Å². The number of aromatic carboxylic acids is 1. The number of amides is 1. The van der Waals surface area contributed by atoms with Crippen LogP contribution in [0.25, 0.3) is 0 Å². The van der Waals surface area contributed by atoms with E-state index in [4.69, 9.17) is 10.2 Å². The molecule has 1 amide bonds. The number of hydrogen-bond donors (Lipinski definition) is 2. The fourth-order valence-electron chi connectivity index (χ4n) is 3.35. The molecule has 1 aliphatic carbocycles. The Labute approximate surface area is 110 Å². The summed E-state index contributed by atoms with van der Waals surface area (Å²) >= 11 is 0. The van der Waals surface area contributed by atoms with Crippen molar-refractivity contribution in [3.05, 3.63) is 34.9 Å². The molecular formula is C14H15NO4. The molecule has 2 N–H and O–H groups in total. The molecule has 3 rings (SSSR count). The van der Waals surface area contributed by atoms with Crippen LogP contribution in [0, 0.1) is 5.41 Å². The highest BCUT2D eigenvalue weighted by Gasteiger charge is 2.44. The summed E-state index contributed by atoms with van der Waals surface area (Å²) in [6.45, 7) is 1.13. The van der Waals surface area contributed by atoms with Gasteiger partial charge in [0.15, 0.2) is 0 Å².